The van der Waals surface area contributed by atoms with Gasteiger partial charge in [-0.2, -0.15) is 0 Å². The second-order valence-corrected chi connectivity index (χ2v) is 10.5. The molecule has 7 nitrogen and oxygen atoms in total. The van der Waals surface area contributed by atoms with E-state index in [9.17, 15) is 23.9 Å². The van der Waals surface area contributed by atoms with Crippen molar-refractivity contribution in [1.82, 2.24) is 0 Å². The predicted octanol–water partition coefficient (Wildman–Crippen LogP) is 6.64. The zero-order valence-electron chi connectivity index (χ0n) is 22.2. The number of amides is 2. The number of fused-ring (bicyclic) bond motifs is 1. The minimum absolute atomic E-state index is 0.129. The number of anilines is 2. The molecule has 3 aromatic carbocycles. The summed E-state index contributed by atoms with van der Waals surface area (Å²) in [4.78, 5) is 42.1. The number of hydrogen-bond acceptors (Lipinski definition) is 4. The second kappa shape index (κ2) is 11.1. The van der Waals surface area contributed by atoms with E-state index in [4.69, 9.17) is 16.3 Å². The molecule has 204 valence electrons. The second-order valence-electron chi connectivity index (χ2n) is 10.0. The van der Waals surface area contributed by atoms with Crippen LogP contribution in [0.2, 0.25) is 5.02 Å². The van der Waals surface area contributed by atoms with Crippen LogP contribution in [0.15, 0.2) is 66.7 Å². The number of hydrogen-bond donors (Lipinski definition) is 1. The van der Waals surface area contributed by atoms with E-state index >= 15 is 0 Å². The van der Waals surface area contributed by atoms with Gasteiger partial charge in [-0.15, -0.1) is 0 Å². The highest BCUT2D eigenvalue weighted by atomic mass is 35.5. The smallest absolute Gasteiger partial charge is 0.347 e. The number of carboxylic acids is 1. The van der Waals surface area contributed by atoms with Crippen LogP contribution in [0.4, 0.5) is 15.8 Å². The molecule has 1 heterocycles. The van der Waals surface area contributed by atoms with Crippen LogP contribution < -0.4 is 14.5 Å². The van der Waals surface area contributed by atoms with E-state index in [1.807, 2.05) is 6.92 Å². The Labute approximate surface area is 231 Å². The standard InChI is InChI=1S/C30H30ClFN2O5/c1-5-27(35)34(22-12-8-20(31)9-13-22)26-16-18(2)33(28(36)19-6-10-21(32)11-7-19)25-15-14-23(17-24(25)26)39-30(3,4)29(37)38/h6-15,17-18,26H,5,16H2,1-4H3,(H,37,38)/t18-,26+/m0/s1. The number of ether oxygens (including phenoxy) is 1. The normalized spacial score (nSPS) is 16.8. The molecule has 4 rings (SSSR count). The van der Waals surface area contributed by atoms with Crippen molar-refractivity contribution in [3.63, 3.8) is 0 Å². The van der Waals surface area contributed by atoms with Crippen molar-refractivity contribution < 1.29 is 28.6 Å². The Balaban J connectivity index is 1.87. The van der Waals surface area contributed by atoms with E-state index in [1.54, 1.807) is 59.2 Å². The lowest BCUT2D eigenvalue weighted by molar-refractivity contribution is -0.152. The van der Waals surface area contributed by atoms with Crippen molar-refractivity contribution in [1.29, 1.82) is 0 Å². The molecule has 0 aromatic heterocycles. The molecular formula is C30H30ClFN2O5. The van der Waals surface area contributed by atoms with Crippen molar-refractivity contribution in [3.8, 4) is 5.75 Å². The van der Waals surface area contributed by atoms with E-state index in [0.29, 0.717) is 33.9 Å². The molecule has 2 amide bonds. The molecule has 0 unspecified atom stereocenters. The minimum Gasteiger partial charge on any atom is -0.478 e. The lowest BCUT2D eigenvalue weighted by Crippen LogP contribution is -2.48. The van der Waals surface area contributed by atoms with E-state index in [-0.39, 0.29) is 30.0 Å². The number of carbonyl (C=O) groups is 3. The lowest BCUT2D eigenvalue weighted by atomic mass is 9.89. The fraction of sp³-hybridized carbons (Fsp3) is 0.300. The van der Waals surface area contributed by atoms with Gasteiger partial charge in [0.15, 0.2) is 5.60 Å². The van der Waals surface area contributed by atoms with E-state index in [0.717, 1.165) is 0 Å². The largest absolute Gasteiger partial charge is 0.478 e. The monoisotopic (exact) mass is 552 g/mol. The summed E-state index contributed by atoms with van der Waals surface area (Å²) in [6, 6.07) is 16.5. The summed E-state index contributed by atoms with van der Waals surface area (Å²) < 4.78 is 19.4. The Hall–Kier alpha value is -3.91. The molecule has 0 spiro atoms. The Morgan fingerprint density at radius 3 is 2.31 bits per heavy atom. The molecule has 1 aliphatic heterocycles. The van der Waals surface area contributed by atoms with Gasteiger partial charge in [0, 0.05) is 40.0 Å². The fourth-order valence-corrected chi connectivity index (χ4v) is 4.89. The molecule has 39 heavy (non-hydrogen) atoms. The van der Waals surface area contributed by atoms with Crippen molar-refractivity contribution >= 4 is 40.8 Å². The van der Waals surface area contributed by atoms with Crippen molar-refractivity contribution in [3.05, 3.63) is 88.7 Å². The van der Waals surface area contributed by atoms with Crippen LogP contribution in [0.25, 0.3) is 0 Å². The quantitative estimate of drug-likeness (QED) is 0.355. The Kier molecular flexibility index (Phi) is 7.97. The van der Waals surface area contributed by atoms with Crippen LogP contribution in [0.5, 0.6) is 5.75 Å². The van der Waals surface area contributed by atoms with Gasteiger partial charge in [-0.25, -0.2) is 9.18 Å². The molecule has 0 radical (unpaired) electrons. The van der Waals surface area contributed by atoms with E-state index in [1.165, 1.54) is 38.1 Å². The third-order valence-electron chi connectivity index (χ3n) is 6.81. The predicted molar refractivity (Wildman–Crippen MR) is 148 cm³/mol. The summed E-state index contributed by atoms with van der Waals surface area (Å²) in [7, 11) is 0. The van der Waals surface area contributed by atoms with Crippen LogP contribution in [0, 0.1) is 5.82 Å². The first kappa shape index (κ1) is 28.1. The summed E-state index contributed by atoms with van der Waals surface area (Å²) >= 11 is 6.11. The number of nitrogens with zero attached hydrogens (tertiary/aromatic N) is 2. The third-order valence-corrected chi connectivity index (χ3v) is 7.06. The molecule has 0 bridgehead atoms. The molecule has 0 saturated heterocycles. The number of aliphatic carboxylic acids is 1. The SMILES string of the molecule is CCC(=O)N(c1ccc(Cl)cc1)[C@@H]1C[C@H](C)N(C(=O)c2ccc(F)cc2)c2ccc(OC(C)(C)C(=O)O)cc21. The van der Waals surface area contributed by atoms with Crippen LogP contribution in [0.1, 0.15) is 62.5 Å². The Bertz CT molecular complexity index is 1390. The summed E-state index contributed by atoms with van der Waals surface area (Å²) in [6.45, 7) is 6.56. The number of carbonyl (C=O) groups excluding carboxylic acids is 2. The van der Waals surface area contributed by atoms with E-state index < -0.39 is 23.4 Å². The van der Waals surface area contributed by atoms with E-state index in [2.05, 4.69) is 0 Å². The van der Waals surface area contributed by atoms with Crippen LogP contribution >= 0.6 is 11.6 Å². The number of rotatable bonds is 7. The topological polar surface area (TPSA) is 87.2 Å². The van der Waals surface area contributed by atoms with Crippen molar-refractivity contribution in [2.24, 2.45) is 0 Å². The molecule has 0 saturated carbocycles. The highest BCUT2D eigenvalue weighted by Crippen LogP contribution is 2.45. The first-order valence-electron chi connectivity index (χ1n) is 12.7. The molecule has 1 aliphatic rings. The minimum atomic E-state index is -1.51. The Morgan fingerprint density at radius 2 is 1.72 bits per heavy atom. The van der Waals surface area contributed by atoms with Gasteiger partial charge >= 0.3 is 5.97 Å². The summed E-state index contributed by atoms with van der Waals surface area (Å²) in [5.74, 6) is -1.74. The maximum absolute atomic E-state index is 13.7. The van der Waals surface area contributed by atoms with Crippen LogP contribution in [-0.2, 0) is 9.59 Å². The average molecular weight is 553 g/mol. The summed E-state index contributed by atoms with van der Waals surface area (Å²) in [6.07, 6.45) is 0.628. The first-order valence-corrected chi connectivity index (χ1v) is 13.0. The van der Waals surface area contributed by atoms with Gasteiger partial charge in [0.25, 0.3) is 5.91 Å². The zero-order chi connectivity index (χ0) is 28.5. The average Bonchev–Trinajstić information content (AvgIpc) is 2.89. The molecule has 0 aliphatic carbocycles. The first-order chi connectivity index (χ1) is 18.4. The van der Waals surface area contributed by atoms with Crippen LogP contribution in [-0.4, -0.2) is 34.5 Å². The highest BCUT2D eigenvalue weighted by molar-refractivity contribution is 6.30. The summed E-state index contributed by atoms with van der Waals surface area (Å²) in [5, 5.41) is 10.1. The molecule has 3 aromatic rings. The number of benzene rings is 3. The number of halogens is 2. The number of carboxylic acid groups (broad SMARTS) is 1. The van der Waals surface area contributed by atoms with Gasteiger partial charge in [-0.05, 0) is 93.9 Å². The van der Waals surface area contributed by atoms with Gasteiger partial charge in [-0.3, -0.25) is 9.59 Å². The van der Waals surface area contributed by atoms with Gasteiger partial charge in [0.1, 0.15) is 11.6 Å². The molecule has 2 atom stereocenters. The van der Waals surface area contributed by atoms with Crippen molar-refractivity contribution in [2.45, 2.75) is 58.2 Å². The molecule has 9 heteroatoms. The Morgan fingerprint density at radius 1 is 1.08 bits per heavy atom. The lowest BCUT2D eigenvalue weighted by Gasteiger charge is -2.44. The maximum atomic E-state index is 13.7. The molecular weight excluding hydrogens is 523 g/mol. The van der Waals surface area contributed by atoms with Gasteiger partial charge < -0.3 is 19.6 Å². The van der Waals surface area contributed by atoms with Gasteiger partial charge in [0.2, 0.25) is 5.91 Å². The van der Waals surface area contributed by atoms with Crippen molar-refractivity contribution in [2.75, 3.05) is 9.80 Å². The zero-order valence-corrected chi connectivity index (χ0v) is 22.9. The molecule has 0 fully saturated rings. The maximum Gasteiger partial charge on any atom is 0.347 e. The van der Waals surface area contributed by atoms with Crippen LogP contribution in [0.3, 0.4) is 0 Å². The highest BCUT2D eigenvalue weighted by Gasteiger charge is 2.39. The fourth-order valence-electron chi connectivity index (χ4n) is 4.77. The third kappa shape index (κ3) is 5.76. The van der Waals surface area contributed by atoms with Gasteiger partial charge in [-0.1, -0.05) is 18.5 Å². The summed E-state index contributed by atoms with van der Waals surface area (Å²) in [5.41, 5.74) is 0.629. The van der Waals surface area contributed by atoms with Gasteiger partial charge in [0.05, 0.1) is 6.04 Å². The molecule has 1 N–H and O–H groups in total.